The first-order chi connectivity index (χ1) is 8.16. The van der Waals surface area contributed by atoms with Crippen LogP contribution in [0.15, 0.2) is 42.5 Å². The number of fused-ring (bicyclic) bond motifs is 2. The van der Waals surface area contributed by atoms with Crippen molar-refractivity contribution < 1.29 is 14.7 Å². The van der Waals surface area contributed by atoms with Crippen molar-refractivity contribution in [2.45, 2.75) is 0 Å². The van der Waals surface area contributed by atoms with Gasteiger partial charge in [-0.2, -0.15) is 0 Å². The van der Waals surface area contributed by atoms with Crippen molar-refractivity contribution in [1.29, 1.82) is 0 Å². The van der Waals surface area contributed by atoms with E-state index < -0.39 is 0 Å². The summed E-state index contributed by atoms with van der Waals surface area (Å²) in [4.78, 5) is 23.3. The van der Waals surface area contributed by atoms with Gasteiger partial charge in [-0.25, -0.2) is 0 Å². The molecule has 82 valence electrons. The predicted octanol–water partition coefficient (Wildman–Crippen LogP) is 2.48. The van der Waals surface area contributed by atoms with Crippen molar-refractivity contribution in [3.05, 3.63) is 53.6 Å². The number of carbonyl (C=O) groups is 2. The van der Waals surface area contributed by atoms with Crippen LogP contribution in [-0.4, -0.2) is 16.7 Å². The molecular formula is C14H8O3. The van der Waals surface area contributed by atoms with E-state index in [1.54, 1.807) is 30.3 Å². The molecule has 1 N–H and O–H groups in total. The van der Waals surface area contributed by atoms with Crippen LogP contribution >= 0.6 is 0 Å². The normalized spacial score (nSPS) is 14.1. The Kier molecular flexibility index (Phi) is 1.89. The minimum atomic E-state index is -0.204. The number of benzene rings is 2. The van der Waals surface area contributed by atoms with Crippen LogP contribution in [0, 0.1) is 0 Å². The van der Waals surface area contributed by atoms with Crippen molar-refractivity contribution >= 4 is 22.3 Å². The largest absolute Gasteiger partial charge is 0.507 e. The van der Waals surface area contributed by atoms with Crippen molar-refractivity contribution in [3.63, 3.8) is 0 Å². The number of hydrogen-bond donors (Lipinski definition) is 1. The van der Waals surface area contributed by atoms with Gasteiger partial charge in [-0.05, 0) is 35.7 Å². The Bertz CT molecular complexity index is 696. The number of ketones is 2. The van der Waals surface area contributed by atoms with E-state index in [-0.39, 0.29) is 17.3 Å². The zero-order chi connectivity index (χ0) is 12.0. The molecule has 0 radical (unpaired) electrons. The summed E-state index contributed by atoms with van der Waals surface area (Å²) in [5.41, 5.74) is 0.752. The van der Waals surface area contributed by atoms with Crippen LogP contribution in [0.4, 0.5) is 0 Å². The Balaban J connectivity index is 2.42. The average molecular weight is 224 g/mol. The summed E-state index contributed by atoms with van der Waals surface area (Å²) >= 11 is 0. The molecule has 3 nitrogen and oxygen atoms in total. The van der Waals surface area contributed by atoms with Gasteiger partial charge in [0.1, 0.15) is 5.75 Å². The average Bonchev–Trinajstić information content (AvgIpc) is 2.33. The molecule has 0 amide bonds. The van der Waals surface area contributed by atoms with E-state index in [0.717, 1.165) is 5.39 Å². The van der Waals surface area contributed by atoms with Gasteiger partial charge in [0.05, 0.1) is 0 Å². The fourth-order valence-electron chi connectivity index (χ4n) is 2.05. The van der Waals surface area contributed by atoms with Gasteiger partial charge in [0.25, 0.3) is 0 Å². The van der Waals surface area contributed by atoms with Crippen molar-refractivity contribution in [2.24, 2.45) is 0 Å². The van der Waals surface area contributed by atoms with E-state index in [2.05, 4.69) is 0 Å². The van der Waals surface area contributed by atoms with E-state index in [1.165, 1.54) is 12.2 Å². The Labute approximate surface area is 97.0 Å². The number of phenolic OH excluding ortho intramolecular Hbond substituents is 1. The topological polar surface area (TPSA) is 54.4 Å². The molecule has 1 aliphatic rings. The molecule has 0 bridgehead atoms. The summed E-state index contributed by atoms with van der Waals surface area (Å²) in [5, 5.41) is 11.0. The predicted molar refractivity (Wildman–Crippen MR) is 63.4 cm³/mol. The third kappa shape index (κ3) is 1.36. The van der Waals surface area contributed by atoms with Crippen LogP contribution in [0.25, 0.3) is 10.8 Å². The molecule has 0 aliphatic heterocycles. The number of rotatable bonds is 0. The quantitative estimate of drug-likeness (QED) is 0.747. The SMILES string of the molecule is O=C1C=CC(=O)c2cc3c(O)cccc3cc21. The highest BCUT2D eigenvalue weighted by atomic mass is 16.3. The van der Waals surface area contributed by atoms with Gasteiger partial charge in [0, 0.05) is 16.5 Å². The summed E-state index contributed by atoms with van der Waals surface area (Å²) in [6.45, 7) is 0. The third-order valence-electron chi connectivity index (χ3n) is 2.91. The van der Waals surface area contributed by atoms with E-state index in [0.29, 0.717) is 16.5 Å². The molecule has 3 rings (SSSR count). The van der Waals surface area contributed by atoms with Gasteiger partial charge < -0.3 is 5.11 Å². The highest BCUT2D eigenvalue weighted by molar-refractivity contribution is 6.23. The summed E-state index contributed by atoms with van der Waals surface area (Å²) in [6, 6.07) is 8.28. The first-order valence-corrected chi connectivity index (χ1v) is 5.19. The Morgan fingerprint density at radius 3 is 2.24 bits per heavy atom. The van der Waals surface area contributed by atoms with Crippen LogP contribution in [0.2, 0.25) is 0 Å². The van der Waals surface area contributed by atoms with Crippen LogP contribution < -0.4 is 0 Å². The number of aromatic hydroxyl groups is 1. The molecule has 3 heteroatoms. The molecule has 17 heavy (non-hydrogen) atoms. The fraction of sp³-hybridized carbons (Fsp3) is 0. The van der Waals surface area contributed by atoms with E-state index in [4.69, 9.17) is 0 Å². The molecule has 0 heterocycles. The maximum Gasteiger partial charge on any atom is 0.186 e. The maximum atomic E-state index is 11.7. The monoisotopic (exact) mass is 224 g/mol. The number of hydrogen-bond acceptors (Lipinski definition) is 3. The number of phenols is 1. The van der Waals surface area contributed by atoms with Gasteiger partial charge >= 0.3 is 0 Å². The second-order valence-electron chi connectivity index (χ2n) is 3.96. The lowest BCUT2D eigenvalue weighted by Gasteiger charge is -2.11. The first-order valence-electron chi connectivity index (χ1n) is 5.19. The van der Waals surface area contributed by atoms with Gasteiger partial charge in [-0.1, -0.05) is 12.1 Å². The maximum absolute atomic E-state index is 11.7. The minimum absolute atomic E-state index is 0.111. The van der Waals surface area contributed by atoms with Crippen LogP contribution in [0.1, 0.15) is 20.7 Å². The highest BCUT2D eigenvalue weighted by Gasteiger charge is 2.20. The molecule has 2 aromatic rings. The third-order valence-corrected chi connectivity index (χ3v) is 2.91. The van der Waals surface area contributed by atoms with Gasteiger partial charge in [-0.15, -0.1) is 0 Å². The van der Waals surface area contributed by atoms with Crippen molar-refractivity contribution in [1.82, 2.24) is 0 Å². The molecule has 0 aromatic heterocycles. The minimum Gasteiger partial charge on any atom is -0.507 e. The second-order valence-corrected chi connectivity index (χ2v) is 3.96. The standard InChI is InChI=1S/C14H8O3/c15-12-3-1-2-8-6-10-11(7-9(8)12)14(17)5-4-13(10)16/h1-7,15H. The lowest BCUT2D eigenvalue weighted by molar-refractivity contribution is 0.0994. The van der Waals surface area contributed by atoms with Gasteiger partial charge in [0.15, 0.2) is 11.6 Å². The lowest BCUT2D eigenvalue weighted by atomic mass is 9.91. The van der Waals surface area contributed by atoms with Gasteiger partial charge in [-0.3, -0.25) is 9.59 Å². The smallest absolute Gasteiger partial charge is 0.186 e. The molecule has 0 saturated carbocycles. The summed E-state index contributed by atoms with van der Waals surface area (Å²) in [7, 11) is 0. The molecule has 0 atom stereocenters. The zero-order valence-electron chi connectivity index (χ0n) is 8.81. The summed E-state index contributed by atoms with van der Waals surface area (Å²) < 4.78 is 0. The van der Waals surface area contributed by atoms with Crippen molar-refractivity contribution in [2.75, 3.05) is 0 Å². The van der Waals surface area contributed by atoms with Crippen LogP contribution in [0.5, 0.6) is 5.75 Å². The first kappa shape index (κ1) is 9.78. The second kappa shape index (κ2) is 3.28. The van der Waals surface area contributed by atoms with Crippen LogP contribution in [0.3, 0.4) is 0 Å². The fourth-order valence-corrected chi connectivity index (χ4v) is 2.05. The summed E-state index contributed by atoms with van der Waals surface area (Å²) in [5.74, 6) is -0.269. The Morgan fingerprint density at radius 1 is 0.882 bits per heavy atom. The molecule has 0 unspecified atom stereocenters. The molecule has 0 saturated heterocycles. The number of carbonyl (C=O) groups excluding carboxylic acids is 2. The lowest BCUT2D eigenvalue weighted by Crippen LogP contribution is -2.11. The Hall–Kier alpha value is -2.42. The molecular weight excluding hydrogens is 216 g/mol. The Morgan fingerprint density at radius 2 is 1.53 bits per heavy atom. The number of allylic oxidation sites excluding steroid dienone is 2. The highest BCUT2D eigenvalue weighted by Crippen LogP contribution is 2.29. The van der Waals surface area contributed by atoms with E-state index in [1.807, 2.05) is 0 Å². The summed E-state index contributed by atoms with van der Waals surface area (Å²) in [6.07, 6.45) is 2.54. The van der Waals surface area contributed by atoms with Crippen molar-refractivity contribution in [3.8, 4) is 5.75 Å². The molecule has 0 spiro atoms. The molecule has 2 aromatic carbocycles. The van der Waals surface area contributed by atoms with Crippen LogP contribution in [-0.2, 0) is 0 Å². The zero-order valence-corrected chi connectivity index (χ0v) is 8.81. The molecule has 1 aliphatic carbocycles. The van der Waals surface area contributed by atoms with Gasteiger partial charge in [0.2, 0.25) is 0 Å². The molecule has 0 fully saturated rings. The van der Waals surface area contributed by atoms with E-state index >= 15 is 0 Å². The van der Waals surface area contributed by atoms with E-state index in [9.17, 15) is 14.7 Å².